The number of nitrogens with two attached hydrogens (primary N) is 1. The van der Waals surface area contributed by atoms with E-state index in [1.54, 1.807) is 31.2 Å². The molecule has 3 rings (SSSR count). The number of hydrogen-bond donors (Lipinski definition) is 1. The number of nitrogens with zero attached hydrogens (tertiary/aromatic N) is 3. The largest absolute Gasteiger partial charge is 0.399 e. The zero-order chi connectivity index (χ0) is 15.0. The van der Waals surface area contributed by atoms with Crippen molar-refractivity contribution in [2.24, 2.45) is 0 Å². The lowest BCUT2D eigenvalue weighted by atomic mass is 10.1. The van der Waals surface area contributed by atoms with Gasteiger partial charge in [0.2, 0.25) is 0 Å². The van der Waals surface area contributed by atoms with Crippen molar-refractivity contribution in [3.05, 3.63) is 64.5 Å². The highest BCUT2D eigenvalue weighted by molar-refractivity contribution is 6.00. The van der Waals surface area contributed by atoms with Crippen LogP contribution in [0.15, 0.2) is 47.7 Å². The number of hydrogen-bond acceptors (Lipinski definition) is 5. The van der Waals surface area contributed by atoms with E-state index in [0.29, 0.717) is 16.8 Å². The molecule has 0 aliphatic rings. The molecular weight excluding hydrogens is 268 g/mol. The first kappa shape index (κ1) is 13.0. The number of pyridine rings is 1. The molecule has 0 saturated heterocycles. The first-order valence-corrected chi connectivity index (χ1v) is 6.30. The van der Waals surface area contributed by atoms with Gasteiger partial charge in [-0.1, -0.05) is 6.07 Å². The van der Waals surface area contributed by atoms with Crippen molar-refractivity contribution in [2.75, 3.05) is 5.73 Å². The monoisotopic (exact) mass is 280 g/mol. The van der Waals surface area contributed by atoms with Crippen LogP contribution in [0.3, 0.4) is 0 Å². The van der Waals surface area contributed by atoms with Crippen molar-refractivity contribution < 1.29 is 4.79 Å². The maximum Gasteiger partial charge on any atom is 0.285 e. The van der Waals surface area contributed by atoms with E-state index in [1.165, 1.54) is 18.6 Å². The van der Waals surface area contributed by atoms with Crippen LogP contribution in [-0.4, -0.2) is 20.4 Å². The van der Waals surface area contributed by atoms with Gasteiger partial charge in [-0.05, 0) is 30.5 Å². The molecule has 2 N–H and O–H groups in total. The summed E-state index contributed by atoms with van der Waals surface area (Å²) in [5.41, 5.74) is 6.90. The van der Waals surface area contributed by atoms with E-state index in [1.807, 2.05) is 0 Å². The molecule has 6 heteroatoms. The van der Waals surface area contributed by atoms with Crippen LogP contribution in [0.2, 0.25) is 0 Å². The van der Waals surface area contributed by atoms with Gasteiger partial charge in [0.05, 0.1) is 11.7 Å². The number of fused-ring (bicyclic) bond motifs is 1. The van der Waals surface area contributed by atoms with E-state index in [9.17, 15) is 9.59 Å². The minimum Gasteiger partial charge on any atom is -0.399 e. The van der Waals surface area contributed by atoms with Gasteiger partial charge in [0.15, 0.2) is 0 Å². The number of anilines is 1. The first-order valence-electron chi connectivity index (χ1n) is 6.30. The van der Waals surface area contributed by atoms with Crippen LogP contribution in [-0.2, 0) is 0 Å². The lowest BCUT2D eigenvalue weighted by Crippen LogP contribution is -2.29. The number of benzene rings is 1. The summed E-state index contributed by atoms with van der Waals surface area (Å²) < 4.78 is 1.09. The highest BCUT2D eigenvalue weighted by Gasteiger charge is 2.16. The Balaban J connectivity index is 2.36. The Kier molecular flexibility index (Phi) is 2.98. The van der Waals surface area contributed by atoms with E-state index < -0.39 is 5.91 Å². The molecule has 2 aromatic heterocycles. The third kappa shape index (κ3) is 2.16. The molecule has 0 atom stereocenters. The molecule has 0 bridgehead atoms. The highest BCUT2D eigenvalue weighted by atomic mass is 16.2. The fraction of sp³-hybridized carbons (Fsp3) is 0.0667. The summed E-state index contributed by atoms with van der Waals surface area (Å²) in [6, 6.07) is 6.84. The molecule has 1 aromatic carbocycles. The van der Waals surface area contributed by atoms with Crippen LogP contribution < -0.4 is 11.3 Å². The second-order valence-electron chi connectivity index (χ2n) is 4.68. The lowest BCUT2D eigenvalue weighted by Gasteiger charge is -2.10. The van der Waals surface area contributed by atoms with Crippen LogP contribution in [0, 0.1) is 6.92 Å². The third-order valence-electron chi connectivity index (χ3n) is 3.19. The lowest BCUT2D eigenvalue weighted by molar-refractivity contribution is 0.0955. The number of carbonyl (C=O) groups is 1. The standard InChI is InChI=1S/C15H12N4O2/c1-9-6-10-2-3-11(16)7-13(10)19(14(9)20)15(21)12-8-17-4-5-18-12/h2-8H,16H2,1H3. The van der Waals surface area contributed by atoms with Crippen molar-refractivity contribution in [2.45, 2.75) is 6.92 Å². The predicted molar refractivity (Wildman–Crippen MR) is 79.1 cm³/mol. The molecular formula is C15H12N4O2. The molecule has 0 unspecified atom stereocenters. The highest BCUT2D eigenvalue weighted by Crippen LogP contribution is 2.17. The molecule has 2 heterocycles. The Bertz CT molecular complexity index is 901. The molecule has 0 fully saturated rings. The van der Waals surface area contributed by atoms with Crippen molar-refractivity contribution in [3.8, 4) is 0 Å². The third-order valence-corrected chi connectivity index (χ3v) is 3.19. The number of carbonyl (C=O) groups excluding carboxylic acids is 1. The van der Waals surface area contributed by atoms with E-state index in [2.05, 4.69) is 9.97 Å². The van der Waals surface area contributed by atoms with Crippen molar-refractivity contribution in [3.63, 3.8) is 0 Å². The molecule has 21 heavy (non-hydrogen) atoms. The Labute approximate surface area is 119 Å². The Morgan fingerprint density at radius 2 is 2.05 bits per heavy atom. The Morgan fingerprint density at radius 1 is 1.24 bits per heavy atom. The topological polar surface area (TPSA) is 90.9 Å². The van der Waals surface area contributed by atoms with E-state index in [4.69, 9.17) is 5.73 Å². The van der Waals surface area contributed by atoms with Crippen LogP contribution in [0.5, 0.6) is 0 Å². The van der Waals surface area contributed by atoms with Crippen LogP contribution in [0.1, 0.15) is 16.1 Å². The van der Waals surface area contributed by atoms with Gasteiger partial charge in [0.25, 0.3) is 11.5 Å². The summed E-state index contributed by atoms with van der Waals surface area (Å²) in [7, 11) is 0. The molecule has 0 amide bonds. The number of nitrogen functional groups attached to an aromatic ring is 1. The smallest absolute Gasteiger partial charge is 0.285 e. The first-order chi connectivity index (χ1) is 10.1. The molecule has 0 spiro atoms. The van der Waals surface area contributed by atoms with E-state index in [-0.39, 0.29) is 11.3 Å². The van der Waals surface area contributed by atoms with Gasteiger partial charge >= 0.3 is 0 Å². The summed E-state index contributed by atoms with van der Waals surface area (Å²) in [6.07, 6.45) is 4.20. The van der Waals surface area contributed by atoms with Gasteiger partial charge in [0, 0.05) is 23.6 Å². The van der Waals surface area contributed by atoms with Crippen molar-refractivity contribution in [1.29, 1.82) is 0 Å². The Hall–Kier alpha value is -3.02. The average molecular weight is 280 g/mol. The normalized spacial score (nSPS) is 10.7. The summed E-state index contributed by atoms with van der Waals surface area (Å²) in [5, 5.41) is 0.763. The predicted octanol–water partition coefficient (Wildman–Crippen LogP) is 1.37. The molecule has 3 aromatic rings. The maximum atomic E-state index is 12.6. The fourth-order valence-electron chi connectivity index (χ4n) is 2.18. The maximum absolute atomic E-state index is 12.6. The molecule has 6 nitrogen and oxygen atoms in total. The van der Waals surface area contributed by atoms with Gasteiger partial charge in [-0.25, -0.2) is 9.55 Å². The fourth-order valence-corrected chi connectivity index (χ4v) is 2.18. The van der Waals surface area contributed by atoms with E-state index >= 15 is 0 Å². The Morgan fingerprint density at radius 3 is 2.76 bits per heavy atom. The average Bonchev–Trinajstić information content (AvgIpc) is 2.49. The van der Waals surface area contributed by atoms with Gasteiger partial charge < -0.3 is 5.73 Å². The summed E-state index contributed by atoms with van der Waals surface area (Å²) in [4.78, 5) is 32.7. The summed E-state index contributed by atoms with van der Waals surface area (Å²) in [5.74, 6) is -0.521. The minimum atomic E-state index is -0.521. The number of aromatic nitrogens is 3. The summed E-state index contributed by atoms with van der Waals surface area (Å²) in [6.45, 7) is 1.67. The molecule has 0 aliphatic carbocycles. The van der Waals surface area contributed by atoms with Crippen molar-refractivity contribution in [1.82, 2.24) is 14.5 Å². The van der Waals surface area contributed by atoms with Crippen LogP contribution >= 0.6 is 0 Å². The molecule has 0 saturated carbocycles. The second kappa shape index (κ2) is 4.82. The SMILES string of the molecule is Cc1cc2ccc(N)cc2n(C(=O)c2cnccn2)c1=O. The quantitative estimate of drug-likeness (QED) is 0.680. The zero-order valence-corrected chi connectivity index (χ0v) is 11.3. The zero-order valence-electron chi connectivity index (χ0n) is 11.3. The van der Waals surface area contributed by atoms with Gasteiger partial charge in [-0.15, -0.1) is 0 Å². The van der Waals surface area contributed by atoms with E-state index in [0.717, 1.165) is 9.95 Å². The number of aryl methyl sites for hydroxylation is 1. The number of rotatable bonds is 1. The summed E-state index contributed by atoms with van der Waals surface area (Å²) >= 11 is 0. The molecule has 0 aliphatic heterocycles. The van der Waals surface area contributed by atoms with Gasteiger partial charge in [-0.2, -0.15) is 0 Å². The van der Waals surface area contributed by atoms with Gasteiger partial charge in [-0.3, -0.25) is 14.6 Å². The van der Waals surface area contributed by atoms with Crippen molar-refractivity contribution >= 4 is 22.5 Å². The second-order valence-corrected chi connectivity index (χ2v) is 4.68. The van der Waals surface area contributed by atoms with Crippen LogP contribution in [0.4, 0.5) is 5.69 Å². The van der Waals surface area contributed by atoms with Crippen LogP contribution in [0.25, 0.3) is 10.9 Å². The minimum absolute atomic E-state index is 0.105. The molecule has 0 radical (unpaired) electrons. The molecule has 104 valence electrons. The van der Waals surface area contributed by atoms with Gasteiger partial charge in [0.1, 0.15) is 5.69 Å².